The summed E-state index contributed by atoms with van der Waals surface area (Å²) in [5, 5.41) is 0. The molecule has 10 heteroatoms. The number of halogens is 6. The third-order valence-corrected chi connectivity index (χ3v) is 4.59. The van der Waals surface area contributed by atoms with Crippen LogP contribution in [-0.4, -0.2) is 22.1 Å². The van der Waals surface area contributed by atoms with Crippen LogP contribution in [0.2, 0.25) is 0 Å². The van der Waals surface area contributed by atoms with Crippen molar-refractivity contribution in [2.24, 2.45) is 0 Å². The molecule has 25 heavy (non-hydrogen) atoms. The first-order valence-electron chi connectivity index (χ1n) is 7.05. The average Bonchev–Trinajstić information content (AvgIpc) is 2.75. The van der Waals surface area contributed by atoms with Gasteiger partial charge in [-0.15, -0.1) is 0 Å². The zero-order chi connectivity index (χ0) is 18.9. The van der Waals surface area contributed by atoms with Gasteiger partial charge in [0.2, 0.25) is 7.59 Å². The summed E-state index contributed by atoms with van der Waals surface area (Å²) in [5.74, 6) is 0.722. The predicted octanol–water partition coefficient (Wildman–Crippen LogP) is 5.83. The Morgan fingerprint density at radius 2 is 1.52 bits per heavy atom. The Morgan fingerprint density at radius 1 is 0.960 bits per heavy atom. The normalized spacial score (nSPS) is 21.0. The van der Waals surface area contributed by atoms with Gasteiger partial charge in [0.1, 0.15) is 11.6 Å². The highest BCUT2D eigenvalue weighted by molar-refractivity contribution is 6.67. The van der Waals surface area contributed by atoms with Crippen LogP contribution >= 0.6 is 69.6 Å². The van der Waals surface area contributed by atoms with Gasteiger partial charge in [-0.25, -0.2) is 15.0 Å². The van der Waals surface area contributed by atoms with Gasteiger partial charge in [-0.05, 0) is 18.6 Å². The minimum absolute atomic E-state index is 0.123. The summed E-state index contributed by atoms with van der Waals surface area (Å²) in [6.07, 6.45) is 9.82. The Bertz CT molecular complexity index is 704. The number of nitrogens with zero attached hydrogens (tertiary/aromatic N) is 3. The molecule has 0 aromatic carbocycles. The van der Waals surface area contributed by atoms with Gasteiger partial charge in [0.25, 0.3) is 0 Å². The number of alkyl halides is 6. The summed E-state index contributed by atoms with van der Waals surface area (Å²) in [6.45, 7) is 1.96. The van der Waals surface area contributed by atoms with Crippen LogP contribution in [0.3, 0.4) is 0 Å². The zero-order valence-electron chi connectivity index (χ0n) is 13.1. The first-order chi connectivity index (χ1) is 11.5. The molecule has 0 radical (unpaired) electrons. The number of ether oxygens (including phenoxy) is 1. The largest absolute Gasteiger partial charge is 0.497 e. The van der Waals surface area contributed by atoms with Crippen LogP contribution in [0.4, 0.5) is 0 Å². The predicted molar refractivity (Wildman–Crippen MR) is 104 cm³/mol. The van der Waals surface area contributed by atoms with E-state index in [0.29, 0.717) is 18.0 Å². The van der Waals surface area contributed by atoms with Gasteiger partial charge < -0.3 is 4.74 Å². The summed E-state index contributed by atoms with van der Waals surface area (Å²) in [6, 6.07) is 0. The Morgan fingerprint density at radius 3 is 1.96 bits per heavy atom. The van der Waals surface area contributed by atoms with Crippen LogP contribution in [0.1, 0.15) is 30.8 Å². The molecule has 0 saturated carbocycles. The molecule has 1 aromatic heterocycles. The van der Waals surface area contributed by atoms with Crippen molar-refractivity contribution in [3.05, 3.63) is 53.6 Å². The monoisotopic (exact) mass is 461 g/mol. The molecule has 1 atom stereocenters. The lowest BCUT2D eigenvalue weighted by Crippen LogP contribution is -2.28. The van der Waals surface area contributed by atoms with Crippen LogP contribution in [0.5, 0.6) is 0 Å². The standard InChI is InChI=1S/C15H13Cl6N3O/c1-3-13(7-4-5-9(25-2)6-8-13)10-22-11(14(16,17)18)24-12(23-10)15(19,20)21/h4-8H,3H2,1-2H3. The Kier molecular flexibility index (Phi) is 6.57. The Hall–Kier alpha value is -0.230. The highest BCUT2D eigenvalue weighted by Crippen LogP contribution is 2.42. The number of allylic oxidation sites excluding steroid dienone is 5. The first-order valence-corrected chi connectivity index (χ1v) is 9.32. The topological polar surface area (TPSA) is 47.9 Å². The summed E-state index contributed by atoms with van der Waals surface area (Å²) >= 11 is 35.6. The Labute approximate surface area is 175 Å². The van der Waals surface area contributed by atoms with Crippen LogP contribution in [0.25, 0.3) is 0 Å². The average molecular weight is 464 g/mol. The second-order valence-electron chi connectivity index (χ2n) is 5.16. The summed E-state index contributed by atoms with van der Waals surface area (Å²) in [5.41, 5.74) is -0.713. The van der Waals surface area contributed by atoms with E-state index in [9.17, 15) is 0 Å². The third-order valence-electron chi connectivity index (χ3n) is 3.58. The SMILES string of the molecule is CCC1(c2nc(C(Cl)(Cl)Cl)nc(C(Cl)(Cl)Cl)n2)C=CC=C(OC)C=C1. The zero-order valence-corrected chi connectivity index (χ0v) is 17.6. The summed E-state index contributed by atoms with van der Waals surface area (Å²) < 4.78 is 1.45. The van der Waals surface area contributed by atoms with Crippen LogP contribution in [0.15, 0.2) is 36.1 Å². The lowest BCUT2D eigenvalue weighted by atomic mass is 9.83. The number of aromatic nitrogens is 3. The van der Waals surface area contributed by atoms with Gasteiger partial charge in [0.15, 0.2) is 11.6 Å². The Balaban J connectivity index is 2.68. The second-order valence-corrected chi connectivity index (χ2v) is 9.72. The fourth-order valence-corrected chi connectivity index (χ4v) is 2.68. The molecular formula is C15H13Cl6N3O. The van der Waals surface area contributed by atoms with Crippen molar-refractivity contribution >= 4 is 69.6 Å². The molecule has 0 bridgehead atoms. The molecule has 136 valence electrons. The molecule has 0 N–H and O–H groups in total. The maximum Gasteiger partial charge on any atom is 0.250 e. The van der Waals surface area contributed by atoms with E-state index >= 15 is 0 Å². The molecule has 0 spiro atoms. The van der Waals surface area contributed by atoms with Crippen LogP contribution < -0.4 is 0 Å². The minimum atomic E-state index is -1.90. The lowest BCUT2D eigenvalue weighted by Gasteiger charge is -2.26. The molecular weight excluding hydrogens is 451 g/mol. The molecule has 0 fully saturated rings. The quantitative estimate of drug-likeness (QED) is 0.529. The van der Waals surface area contributed by atoms with Crippen molar-refractivity contribution in [1.82, 2.24) is 15.0 Å². The molecule has 1 unspecified atom stereocenters. The highest BCUT2D eigenvalue weighted by atomic mass is 35.6. The summed E-state index contributed by atoms with van der Waals surface area (Å²) in [4.78, 5) is 12.6. The second kappa shape index (κ2) is 7.79. The molecule has 2 rings (SSSR count). The lowest BCUT2D eigenvalue weighted by molar-refractivity contribution is 0.306. The van der Waals surface area contributed by atoms with Crippen molar-refractivity contribution in [2.45, 2.75) is 26.3 Å². The molecule has 4 nitrogen and oxygen atoms in total. The van der Waals surface area contributed by atoms with E-state index in [1.165, 1.54) is 0 Å². The highest BCUT2D eigenvalue weighted by Gasteiger charge is 2.38. The smallest absolute Gasteiger partial charge is 0.250 e. The van der Waals surface area contributed by atoms with Crippen molar-refractivity contribution < 1.29 is 4.74 Å². The van der Waals surface area contributed by atoms with Crippen molar-refractivity contribution in [2.75, 3.05) is 7.11 Å². The van der Waals surface area contributed by atoms with E-state index in [1.54, 1.807) is 19.3 Å². The first kappa shape index (κ1) is 21.1. The molecule has 1 aliphatic rings. The van der Waals surface area contributed by atoms with E-state index < -0.39 is 13.0 Å². The molecule has 1 heterocycles. The van der Waals surface area contributed by atoms with Gasteiger partial charge in [-0.3, -0.25) is 0 Å². The van der Waals surface area contributed by atoms with Gasteiger partial charge in [0.05, 0.1) is 12.5 Å². The fourth-order valence-electron chi connectivity index (χ4n) is 2.17. The van der Waals surface area contributed by atoms with Gasteiger partial charge in [-0.2, -0.15) is 0 Å². The van der Waals surface area contributed by atoms with Crippen molar-refractivity contribution in [1.29, 1.82) is 0 Å². The van der Waals surface area contributed by atoms with Crippen molar-refractivity contribution in [3.63, 3.8) is 0 Å². The fraction of sp³-hybridized carbons (Fsp3) is 0.400. The van der Waals surface area contributed by atoms with E-state index in [1.807, 2.05) is 25.2 Å². The number of methoxy groups -OCH3 is 1. The minimum Gasteiger partial charge on any atom is -0.497 e. The van der Waals surface area contributed by atoms with Gasteiger partial charge >= 0.3 is 0 Å². The number of hydrogen-bond donors (Lipinski definition) is 0. The molecule has 1 aliphatic carbocycles. The molecule has 1 aromatic rings. The van der Waals surface area contributed by atoms with Crippen molar-refractivity contribution in [3.8, 4) is 0 Å². The van der Waals surface area contributed by atoms with E-state index in [2.05, 4.69) is 15.0 Å². The van der Waals surface area contributed by atoms with E-state index in [0.717, 1.165) is 0 Å². The maximum atomic E-state index is 5.94. The molecule has 0 saturated heterocycles. The maximum absolute atomic E-state index is 5.94. The van der Waals surface area contributed by atoms with E-state index in [4.69, 9.17) is 74.3 Å². The molecule has 0 amide bonds. The number of hydrogen-bond acceptors (Lipinski definition) is 4. The van der Waals surface area contributed by atoms with Crippen LogP contribution in [0, 0.1) is 0 Å². The summed E-state index contributed by atoms with van der Waals surface area (Å²) in [7, 11) is 1.58. The van der Waals surface area contributed by atoms with Gasteiger partial charge in [0, 0.05) is 0 Å². The third kappa shape index (κ3) is 4.94. The molecule has 0 aliphatic heterocycles. The van der Waals surface area contributed by atoms with Crippen LogP contribution in [-0.2, 0) is 17.7 Å². The van der Waals surface area contributed by atoms with Gasteiger partial charge in [-0.1, -0.05) is 94.8 Å². The van der Waals surface area contributed by atoms with E-state index in [-0.39, 0.29) is 11.6 Å². The number of rotatable bonds is 3.